The van der Waals surface area contributed by atoms with Crippen molar-refractivity contribution in [3.63, 3.8) is 0 Å². The second-order valence-corrected chi connectivity index (χ2v) is 7.05. The van der Waals surface area contributed by atoms with Gasteiger partial charge in [0.2, 0.25) is 5.56 Å². The van der Waals surface area contributed by atoms with Crippen molar-refractivity contribution in [1.82, 2.24) is 29.5 Å². The number of aromatic amines is 1. The fraction of sp³-hybridized carbons (Fsp3) is 0.0435. The van der Waals surface area contributed by atoms with Crippen molar-refractivity contribution in [3.05, 3.63) is 94.4 Å². The number of nitrogens with two attached hydrogens (primary N) is 1. The second-order valence-electron chi connectivity index (χ2n) is 7.05. The summed E-state index contributed by atoms with van der Waals surface area (Å²) in [4.78, 5) is 27.8. The first-order valence-corrected chi connectivity index (χ1v) is 9.77. The zero-order valence-electron chi connectivity index (χ0n) is 16.7. The molecule has 9 nitrogen and oxygen atoms in total. The summed E-state index contributed by atoms with van der Waals surface area (Å²) < 4.78 is 1.61. The molecule has 4 aromatic heterocycles. The van der Waals surface area contributed by atoms with Crippen LogP contribution < -0.4 is 11.3 Å². The molecule has 32 heavy (non-hydrogen) atoms. The molecule has 4 heterocycles. The molecule has 0 spiro atoms. The number of aromatic nitrogens is 6. The Bertz CT molecular complexity index is 1530. The highest BCUT2D eigenvalue weighted by Crippen LogP contribution is 2.33. The SMILES string of the molecule is N#Cc1ccccc1-c1nc(N)c2nc(Cc3ccccn3)nn2c1-c1ccc(=O)[nH]c1. The lowest BCUT2D eigenvalue weighted by Gasteiger charge is -2.13. The van der Waals surface area contributed by atoms with Gasteiger partial charge in [0.25, 0.3) is 0 Å². The molecule has 0 fully saturated rings. The van der Waals surface area contributed by atoms with E-state index >= 15 is 0 Å². The van der Waals surface area contributed by atoms with Crippen LogP contribution in [0, 0.1) is 11.3 Å². The Morgan fingerprint density at radius 2 is 1.91 bits per heavy atom. The smallest absolute Gasteiger partial charge is 0.247 e. The average molecular weight is 420 g/mol. The van der Waals surface area contributed by atoms with E-state index in [1.54, 1.807) is 41.2 Å². The maximum atomic E-state index is 11.7. The third kappa shape index (κ3) is 3.36. The van der Waals surface area contributed by atoms with Gasteiger partial charge in [-0.2, -0.15) is 10.4 Å². The van der Waals surface area contributed by atoms with Crippen LogP contribution in [-0.2, 0) is 6.42 Å². The summed E-state index contributed by atoms with van der Waals surface area (Å²) in [5, 5.41) is 14.3. The fourth-order valence-corrected chi connectivity index (χ4v) is 3.53. The molecule has 9 heteroatoms. The van der Waals surface area contributed by atoms with Gasteiger partial charge >= 0.3 is 0 Å². The second kappa shape index (κ2) is 7.77. The van der Waals surface area contributed by atoms with Gasteiger partial charge in [-0.15, -0.1) is 0 Å². The van der Waals surface area contributed by atoms with Gasteiger partial charge in [0, 0.05) is 35.3 Å². The molecule has 154 valence electrons. The van der Waals surface area contributed by atoms with Crippen molar-refractivity contribution < 1.29 is 0 Å². The predicted molar refractivity (Wildman–Crippen MR) is 118 cm³/mol. The summed E-state index contributed by atoms with van der Waals surface area (Å²) in [6, 6.07) is 18.0. The molecule has 3 N–H and O–H groups in total. The molecule has 0 unspecified atom stereocenters. The fourth-order valence-electron chi connectivity index (χ4n) is 3.53. The number of benzene rings is 1. The van der Waals surface area contributed by atoms with Crippen LogP contribution in [-0.4, -0.2) is 29.5 Å². The standard InChI is InChI=1S/C23H16N8O/c24-12-14-5-1-2-7-17(14)20-21(15-8-9-19(32)27-13-15)31-23(22(25)29-20)28-18(30-31)11-16-6-3-4-10-26-16/h1-10,13H,11H2,(H2,25,29)(H,27,32). The lowest BCUT2D eigenvalue weighted by Crippen LogP contribution is -2.08. The maximum Gasteiger partial charge on any atom is 0.247 e. The maximum absolute atomic E-state index is 11.7. The van der Waals surface area contributed by atoms with Gasteiger partial charge in [0.15, 0.2) is 17.3 Å². The molecular weight excluding hydrogens is 404 g/mol. The van der Waals surface area contributed by atoms with Crippen molar-refractivity contribution in [1.29, 1.82) is 5.26 Å². The van der Waals surface area contributed by atoms with Gasteiger partial charge in [0.05, 0.1) is 18.1 Å². The zero-order chi connectivity index (χ0) is 22.1. The number of nitrogens with zero attached hydrogens (tertiary/aromatic N) is 6. The number of hydrogen-bond acceptors (Lipinski definition) is 7. The van der Waals surface area contributed by atoms with E-state index in [1.807, 2.05) is 24.3 Å². The molecule has 0 aliphatic rings. The van der Waals surface area contributed by atoms with Crippen LogP contribution >= 0.6 is 0 Å². The van der Waals surface area contributed by atoms with Crippen molar-refractivity contribution in [3.8, 4) is 28.6 Å². The predicted octanol–water partition coefficient (Wildman–Crippen LogP) is 2.59. The van der Waals surface area contributed by atoms with Crippen LogP contribution in [0.5, 0.6) is 0 Å². The summed E-state index contributed by atoms with van der Waals surface area (Å²) in [5.41, 5.74) is 9.97. The third-order valence-corrected chi connectivity index (χ3v) is 4.97. The summed E-state index contributed by atoms with van der Waals surface area (Å²) in [6.45, 7) is 0. The molecule has 0 atom stereocenters. The van der Waals surface area contributed by atoms with E-state index in [2.05, 4.69) is 31.1 Å². The lowest BCUT2D eigenvalue weighted by atomic mass is 10.0. The molecule has 0 saturated heterocycles. The van der Waals surface area contributed by atoms with Crippen LogP contribution in [0.25, 0.3) is 28.2 Å². The molecule has 0 aliphatic heterocycles. The summed E-state index contributed by atoms with van der Waals surface area (Å²) >= 11 is 0. The van der Waals surface area contributed by atoms with Gasteiger partial charge < -0.3 is 10.7 Å². The summed E-state index contributed by atoms with van der Waals surface area (Å²) in [6.07, 6.45) is 3.70. The van der Waals surface area contributed by atoms with Crippen LogP contribution in [0.1, 0.15) is 17.1 Å². The van der Waals surface area contributed by atoms with Crippen molar-refractivity contribution in [2.45, 2.75) is 6.42 Å². The Morgan fingerprint density at radius 3 is 2.66 bits per heavy atom. The van der Waals surface area contributed by atoms with Crippen LogP contribution in [0.15, 0.2) is 71.8 Å². The van der Waals surface area contributed by atoms with Gasteiger partial charge in [0.1, 0.15) is 11.4 Å². The van der Waals surface area contributed by atoms with E-state index in [9.17, 15) is 10.1 Å². The normalized spacial score (nSPS) is 10.8. The minimum absolute atomic E-state index is 0.181. The molecular formula is C23H16N8O. The van der Waals surface area contributed by atoms with Crippen molar-refractivity contribution in [2.24, 2.45) is 0 Å². The first-order valence-electron chi connectivity index (χ1n) is 9.77. The number of hydrogen-bond donors (Lipinski definition) is 2. The van der Waals surface area contributed by atoms with E-state index in [1.165, 1.54) is 6.07 Å². The monoisotopic (exact) mass is 420 g/mol. The highest BCUT2D eigenvalue weighted by atomic mass is 16.1. The summed E-state index contributed by atoms with van der Waals surface area (Å²) in [7, 11) is 0. The van der Waals surface area contributed by atoms with E-state index < -0.39 is 0 Å². The Hall–Kier alpha value is -4.84. The van der Waals surface area contributed by atoms with Crippen LogP contribution in [0.3, 0.4) is 0 Å². The van der Waals surface area contributed by atoms with Crippen molar-refractivity contribution >= 4 is 11.5 Å². The minimum Gasteiger partial charge on any atom is -0.381 e. The first kappa shape index (κ1) is 19.1. The largest absolute Gasteiger partial charge is 0.381 e. The first-order chi connectivity index (χ1) is 15.6. The molecule has 5 aromatic rings. The number of nitrogens with one attached hydrogen (secondary N) is 1. The molecule has 0 saturated carbocycles. The van der Waals surface area contributed by atoms with Crippen LogP contribution in [0.2, 0.25) is 0 Å². The zero-order valence-corrected chi connectivity index (χ0v) is 16.7. The number of H-pyrrole nitrogens is 1. The molecule has 5 rings (SSSR count). The Balaban J connectivity index is 1.80. The van der Waals surface area contributed by atoms with Crippen molar-refractivity contribution in [2.75, 3.05) is 5.73 Å². The third-order valence-electron chi connectivity index (χ3n) is 4.97. The Labute approximate surface area is 181 Å². The van der Waals surface area contributed by atoms with Gasteiger partial charge in [-0.1, -0.05) is 24.3 Å². The minimum atomic E-state index is -0.234. The number of rotatable bonds is 4. The quantitative estimate of drug-likeness (QED) is 0.455. The lowest BCUT2D eigenvalue weighted by molar-refractivity contribution is 0.888. The highest BCUT2D eigenvalue weighted by Gasteiger charge is 2.21. The average Bonchev–Trinajstić information content (AvgIpc) is 3.24. The molecule has 0 aliphatic carbocycles. The van der Waals surface area contributed by atoms with Gasteiger partial charge in [-0.3, -0.25) is 9.78 Å². The number of anilines is 1. The number of pyridine rings is 2. The summed E-state index contributed by atoms with van der Waals surface area (Å²) in [5.74, 6) is 0.703. The van der Waals surface area contributed by atoms with E-state index in [0.717, 1.165) is 5.69 Å². The number of nitrogen functional groups attached to an aromatic ring is 1. The number of nitriles is 1. The Morgan fingerprint density at radius 1 is 1.06 bits per heavy atom. The number of fused-ring (bicyclic) bond motifs is 1. The molecule has 0 amide bonds. The van der Waals surface area contributed by atoms with E-state index in [0.29, 0.717) is 46.0 Å². The van der Waals surface area contributed by atoms with Crippen LogP contribution in [0.4, 0.5) is 5.82 Å². The topological polar surface area (TPSA) is 139 Å². The molecule has 0 radical (unpaired) electrons. The van der Waals surface area contributed by atoms with E-state index in [-0.39, 0.29) is 11.4 Å². The van der Waals surface area contributed by atoms with Gasteiger partial charge in [-0.25, -0.2) is 14.5 Å². The Kier molecular flexibility index (Phi) is 4.65. The van der Waals surface area contributed by atoms with E-state index in [4.69, 9.17) is 5.73 Å². The molecule has 0 bridgehead atoms. The highest BCUT2D eigenvalue weighted by molar-refractivity contribution is 5.84. The molecule has 1 aromatic carbocycles. The van der Waals surface area contributed by atoms with Gasteiger partial charge in [-0.05, 0) is 24.3 Å².